The molecule has 0 fully saturated rings. The van der Waals surface area contributed by atoms with Gasteiger partial charge in [0.2, 0.25) is 11.8 Å². The maximum Gasteiger partial charge on any atom is 0.236 e. The van der Waals surface area contributed by atoms with Gasteiger partial charge in [-0.2, -0.15) is 4.98 Å². The number of rotatable bonds is 8. The molecular weight excluding hydrogens is 460 g/mol. The predicted octanol–water partition coefficient (Wildman–Crippen LogP) is 4.19. The van der Waals surface area contributed by atoms with E-state index in [2.05, 4.69) is 70.9 Å². The van der Waals surface area contributed by atoms with E-state index in [0.717, 1.165) is 30.9 Å². The second kappa shape index (κ2) is 13.2. The summed E-state index contributed by atoms with van der Waals surface area (Å²) in [5.41, 5.74) is 4.36. The quantitative estimate of drug-likeness (QED) is 0.412. The Morgan fingerprint density at radius 2 is 2.03 bits per heavy atom. The molecule has 8 nitrogen and oxygen atoms in total. The largest absolute Gasteiger partial charge is 0.477 e. The molecule has 2 heterocycles. The highest BCUT2D eigenvalue weighted by Gasteiger charge is 2.20. The summed E-state index contributed by atoms with van der Waals surface area (Å²) in [4.78, 5) is 15.9. The highest BCUT2D eigenvalue weighted by molar-refractivity contribution is 8.01. The van der Waals surface area contributed by atoms with Crippen molar-refractivity contribution in [2.24, 2.45) is 10.9 Å². The van der Waals surface area contributed by atoms with Crippen LogP contribution in [-0.4, -0.2) is 79.0 Å². The number of benzene rings is 1. The molecule has 3 unspecified atom stereocenters. The number of aromatic nitrogens is 2. The molecule has 0 saturated heterocycles. The minimum atomic E-state index is -0.0374. The first-order valence-corrected chi connectivity index (χ1v) is 13.1. The van der Waals surface area contributed by atoms with Crippen LogP contribution in [0.4, 0.5) is 5.95 Å². The molecule has 1 aliphatic heterocycles. The number of fused-ring (bicyclic) bond motifs is 2. The fourth-order valence-electron chi connectivity index (χ4n) is 4.25. The molecule has 2 bridgehead atoms. The Morgan fingerprint density at radius 1 is 1.29 bits per heavy atom. The first-order chi connectivity index (χ1) is 16.7. The van der Waals surface area contributed by atoms with Crippen molar-refractivity contribution in [2.75, 3.05) is 45.1 Å². The maximum atomic E-state index is 6.26. The van der Waals surface area contributed by atoms with Crippen molar-refractivity contribution in [2.45, 2.75) is 52.2 Å². The Kier molecular flexibility index (Phi) is 10.3. The van der Waals surface area contributed by atoms with Gasteiger partial charge in [-0.05, 0) is 64.7 Å². The van der Waals surface area contributed by atoms with Gasteiger partial charge >= 0.3 is 0 Å². The Hall–Kier alpha value is -2.20. The second-order valence-corrected chi connectivity index (χ2v) is 10.6. The lowest BCUT2D eigenvalue weighted by atomic mass is 10.00. The number of aliphatic imine (C=N–C) groups is 1. The van der Waals surface area contributed by atoms with Crippen LogP contribution >= 0.6 is 11.9 Å². The summed E-state index contributed by atoms with van der Waals surface area (Å²) in [6.07, 6.45) is 1.99. The van der Waals surface area contributed by atoms with Gasteiger partial charge in [0.15, 0.2) is 0 Å². The minimum Gasteiger partial charge on any atom is -0.477 e. The van der Waals surface area contributed by atoms with Crippen molar-refractivity contribution in [3.63, 3.8) is 0 Å². The number of aryl methyl sites for hydroxylation is 2. The number of hydrogen-bond donors (Lipinski definition) is 2. The number of likely N-dealkylation sites (N-methyl/N-ethyl adjacent to an activating group) is 1. The van der Waals surface area contributed by atoms with E-state index < -0.39 is 0 Å². The van der Waals surface area contributed by atoms with E-state index >= 15 is 0 Å². The van der Waals surface area contributed by atoms with Crippen LogP contribution in [0.15, 0.2) is 29.3 Å². The van der Waals surface area contributed by atoms with Crippen LogP contribution < -0.4 is 14.8 Å². The molecule has 9 heteroatoms. The normalized spacial score (nSPS) is 19.9. The molecule has 1 aliphatic rings. The number of nitrogens with zero attached hydrogens (tertiary/aromatic N) is 4. The SMILES string of the molecule is C/N=C\C(CN(C)CC1CNC(C)SNc2nc(cc(-c3c(C)cccc3C)n2)OC1)OC(C)C. The summed E-state index contributed by atoms with van der Waals surface area (Å²) in [7, 11) is 3.90. The van der Waals surface area contributed by atoms with Gasteiger partial charge in [-0.1, -0.05) is 18.2 Å². The standard InChI is InChI=1S/C26H40N6O2S/c1-17(2)34-22(13-27-6)15-32(7)14-21-12-28-20(5)35-31-26-29-23(11-24(30-26)33-16-21)25-18(3)9-8-10-19(25)4/h8-11,13,17,20-22,28H,12,14-16H2,1-7H3,(H,29,30,31)/b27-13-. The molecule has 0 aliphatic carbocycles. The Balaban J connectivity index is 1.77. The number of nitrogens with one attached hydrogen (secondary N) is 2. The van der Waals surface area contributed by atoms with E-state index in [1.807, 2.05) is 26.1 Å². The summed E-state index contributed by atoms with van der Waals surface area (Å²) < 4.78 is 15.6. The fourth-order valence-corrected chi connectivity index (χ4v) is 4.80. The lowest BCUT2D eigenvalue weighted by molar-refractivity contribution is 0.0285. The predicted molar refractivity (Wildman–Crippen MR) is 147 cm³/mol. The molecule has 2 aromatic rings. The number of hydrogen-bond acceptors (Lipinski definition) is 9. The van der Waals surface area contributed by atoms with Gasteiger partial charge in [-0.3, -0.25) is 9.71 Å². The van der Waals surface area contributed by atoms with E-state index in [1.165, 1.54) is 11.1 Å². The molecule has 3 atom stereocenters. The van der Waals surface area contributed by atoms with Crippen LogP contribution in [0.25, 0.3) is 11.3 Å². The van der Waals surface area contributed by atoms with Crippen LogP contribution in [0.3, 0.4) is 0 Å². The van der Waals surface area contributed by atoms with E-state index in [-0.39, 0.29) is 23.5 Å². The zero-order valence-electron chi connectivity index (χ0n) is 22.0. The third-order valence-corrected chi connectivity index (χ3v) is 6.57. The third-order valence-electron chi connectivity index (χ3n) is 5.75. The van der Waals surface area contributed by atoms with Crippen molar-refractivity contribution < 1.29 is 9.47 Å². The first kappa shape index (κ1) is 27.4. The summed E-state index contributed by atoms with van der Waals surface area (Å²) >= 11 is 1.57. The Morgan fingerprint density at radius 3 is 2.71 bits per heavy atom. The van der Waals surface area contributed by atoms with Crippen molar-refractivity contribution in [1.29, 1.82) is 0 Å². The molecule has 0 amide bonds. The molecule has 35 heavy (non-hydrogen) atoms. The van der Waals surface area contributed by atoms with E-state index in [0.29, 0.717) is 18.4 Å². The van der Waals surface area contributed by atoms with Crippen LogP contribution in [0.2, 0.25) is 0 Å². The van der Waals surface area contributed by atoms with Gasteiger partial charge in [0.05, 0.1) is 23.8 Å². The van der Waals surface area contributed by atoms with Crippen LogP contribution in [0, 0.1) is 19.8 Å². The molecule has 3 rings (SSSR count). The Bertz CT molecular complexity index is 966. The highest BCUT2D eigenvalue weighted by Crippen LogP contribution is 2.29. The number of anilines is 1. The zero-order valence-corrected chi connectivity index (χ0v) is 22.9. The van der Waals surface area contributed by atoms with E-state index in [9.17, 15) is 0 Å². The molecule has 0 saturated carbocycles. The zero-order chi connectivity index (χ0) is 25.4. The molecule has 0 spiro atoms. The van der Waals surface area contributed by atoms with Crippen molar-refractivity contribution in [1.82, 2.24) is 20.2 Å². The summed E-state index contributed by atoms with van der Waals surface area (Å²) in [5.74, 6) is 1.41. The van der Waals surface area contributed by atoms with Gasteiger partial charge < -0.3 is 19.7 Å². The smallest absolute Gasteiger partial charge is 0.236 e. The lowest BCUT2D eigenvalue weighted by Gasteiger charge is -2.28. The van der Waals surface area contributed by atoms with Gasteiger partial charge in [0.1, 0.15) is 6.10 Å². The monoisotopic (exact) mass is 500 g/mol. The maximum absolute atomic E-state index is 6.26. The average molecular weight is 501 g/mol. The topological polar surface area (TPSA) is 83.9 Å². The van der Waals surface area contributed by atoms with Crippen LogP contribution in [0.1, 0.15) is 31.9 Å². The summed E-state index contributed by atoms with van der Waals surface area (Å²) in [5, 5.41) is 3.78. The molecule has 192 valence electrons. The van der Waals surface area contributed by atoms with Crippen molar-refractivity contribution in [3.05, 3.63) is 35.4 Å². The minimum absolute atomic E-state index is 0.0374. The van der Waals surface area contributed by atoms with Gasteiger partial charge in [-0.15, -0.1) is 0 Å². The fraction of sp³-hybridized carbons (Fsp3) is 0.577. The molecule has 1 aromatic carbocycles. The summed E-state index contributed by atoms with van der Waals surface area (Å²) in [6, 6.07) is 8.24. The van der Waals surface area contributed by atoms with Crippen LogP contribution in [0.5, 0.6) is 5.88 Å². The van der Waals surface area contributed by atoms with Crippen molar-refractivity contribution in [3.8, 4) is 17.1 Å². The molecule has 0 radical (unpaired) electrons. The lowest BCUT2D eigenvalue weighted by Crippen LogP contribution is -2.41. The second-order valence-electron chi connectivity index (χ2n) is 9.48. The summed E-state index contributed by atoms with van der Waals surface area (Å²) in [6.45, 7) is 13.5. The van der Waals surface area contributed by atoms with Gasteiger partial charge in [-0.25, -0.2) is 4.98 Å². The molecule has 1 aromatic heterocycles. The van der Waals surface area contributed by atoms with Gasteiger partial charge in [0.25, 0.3) is 0 Å². The van der Waals surface area contributed by atoms with E-state index in [4.69, 9.17) is 14.5 Å². The molecular formula is C26H40N6O2S. The third kappa shape index (κ3) is 8.45. The van der Waals surface area contributed by atoms with E-state index in [1.54, 1.807) is 19.0 Å². The van der Waals surface area contributed by atoms with Crippen LogP contribution in [-0.2, 0) is 4.74 Å². The van der Waals surface area contributed by atoms with Gasteiger partial charge in [0, 0.05) is 50.4 Å². The number of ether oxygens (including phenoxy) is 2. The average Bonchev–Trinajstić information content (AvgIpc) is 2.80. The first-order valence-electron chi connectivity index (χ1n) is 12.2. The van der Waals surface area contributed by atoms with Crippen molar-refractivity contribution >= 4 is 24.1 Å². The Labute approximate surface area is 214 Å². The molecule has 2 N–H and O–H groups in total. The highest BCUT2D eigenvalue weighted by atomic mass is 32.2.